The van der Waals surface area contributed by atoms with Crippen molar-refractivity contribution in [3.63, 3.8) is 0 Å². The van der Waals surface area contributed by atoms with Crippen molar-refractivity contribution >= 4 is 11.7 Å². The Morgan fingerprint density at radius 2 is 2.00 bits per heavy atom. The van der Waals surface area contributed by atoms with Gasteiger partial charge in [-0.05, 0) is 24.8 Å². The van der Waals surface area contributed by atoms with Gasteiger partial charge in [0.2, 0.25) is 0 Å². The van der Waals surface area contributed by atoms with Gasteiger partial charge in [0, 0.05) is 12.7 Å². The van der Waals surface area contributed by atoms with E-state index < -0.39 is 5.97 Å². The average molecular weight is 259 g/mol. The summed E-state index contributed by atoms with van der Waals surface area (Å²) in [6.45, 7) is 0.685. The molecule has 3 N–H and O–H groups in total. The van der Waals surface area contributed by atoms with E-state index in [2.05, 4.69) is 17.2 Å². The smallest absolute Gasteiger partial charge is 0.358 e. The highest BCUT2D eigenvalue weighted by molar-refractivity contribution is 5.91. The van der Waals surface area contributed by atoms with E-state index in [-0.39, 0.29) is 11.4 Å². The van der Waals surface area contributed by atoms with E-state index in [0.29, 0.717) is 6.54 Å². The SMILES string of the molecule is Nc1cn(CCCCc2ccccc2)nc1C(=O)O. The van der Waals surface area contributed by atoms with Crippen molar-refractivity contribution < 1.29 is 9.90 Å². The van der Waals surface area contributed by atoms with Gasteiger partial charge in [-0.25, -0.2) is 4.79 Å². The summed E-state index contributed by atoms with van der Waals surface area (Å²) in [6.07, 6.45) is 4.57. The summed E-state index contributed by atoms with van der Waals surface area (Å²) in [5.74, 6) is -1.08. The second-order valence-electron chi connectivity index (χ2n) is 4.44. The molecule has 0 aliphatic rings. The van der Waals surface area contributed by atoms with Crippen LogP contribution in [0, 0.1) is 0 Å². The predicted octanol–water partition coefficient (Wildman–Crippen LogP) is 2.19. The molecule has 5 heteroatoms. The van der Waals surface area contributed by atoms with Crippen molar-refractivity contribution in [2.24, 2.45) is 0 Å². The number of nitrogens with zero attached hydrogens (tertiary/aromatic N) is 2. The monoisotopic (exact) mass is 259 g/mol. The van der Waals surface area contributed by atoms with Gasteiger partial charge in [0.1, 0.15) is 0 Å². The van der Waals surface area contributed by atoms with Crippen LogP contribution in [0.3, 0.4) is 0 Å². The Bertz CT molecular complexity index is 549. The molecule has 0 fully saturated rings. The first kappa shape index (κ1) is 13.1. The number of carbonyl (C=O) groups is 1. The van der Waals surface area contributed by atoms with Crippen LogP contribution in [0.2, 0.25) is 0 Å². The molecule has 0 aliphatic heterocycles. The fourth-order valence-electron chi connectivity index (χ4n) is 1.97. The van der Waals surface area contributed by atoms with E-state index >= 15 is 0 Å². The van der Waals surface area contributed by atoms with Crippen molar-refractivity contribution in [1.82, 2.24) is 9.78 Å². The van der Waals surface area contributed by atoms with Crippen molar-refractivity contribution in [3.8, 4) is 0 Å². The Morgan fingerprint density at radius 1 is 1.26 bits per heavy atom. The van der Waals surface area contributed by atoms with Crippen LogP contribution >= 0.6 is 0 Å². The van der Waals surface area contributed by atoms with Crippen molar-refractivity contribution in [1.29, 1.82) is 0 Å². The molecule has 1 heterocycles. The molecule has 19 heavy (non-hydrogen) atoms. The maximum absolute atomic E-state index is 10.8. The summed E-state index contributed by atoms with van der Waals surface area (Å²) < 4.78 is 1.60. The van der Waals surface area contributed by atoms with Crippen LogP contribution in [0.4, 0.5) is 5.69 Å². The molecule has 100 valence electrons. The van der Waals surface area contributed by atoms with E-state index in [1.165, 1.54) is 5.56 Å². The topological polar surface area (TPSA) is 81.1 Å². The molecule has 0 saturated heterocycles. The Labute approximate surface area is 111 Å². The molecule has 1 aromatic heterocycles. The number of aryl methyl sites for hydroxylation is 2. The van der Waals surface area contributed by atoms with Gasteiger partial charge in [-0.3, -0.25) is 4.68 Å². The van der Waals surface area contributed by atoms with Crippen LogP contribution in [-0.2, 0) is 13.0 Å². The number of rotatable bonds is 6. The highest BCUT2D eigenvalue weighted by Crippen LogP contribution is 2.10. The molecule has 0 unspecified atom stereocenters. The number of carboxylic acids is 1. The summed E-state index contributed by atoms with van der Waals surface area (Å²) in [6, 6.07) is 10.3. The lowest BCUT2D eigenvalue weighted by molar-refractivity contribution is 0.0690. The number of aromatic nitrogens is 2. The van der Waals surface area contributed by atoms with Crippen LogP contribution in [-0.4, -0.2) is 20.9 Å². The first-order valence-corrected chi connectivity index (χ1v) is 6.27. The third-order valence-electron chi connectivity index (χ3n) is 2.94. The lowest BCUT2D eigenvalue weighted by Gasteiger charge is -2.02. The molecular formula is C14H17N3O2. The number of benzene rings is 1. The average Bonchev–Trinajstić information content (AvgIpc) is 2.77. The summed E-state index contributed by atoms with van der Waals surface area (Å²) >= 11 is 0. The van der Waals surface area contributed by atoms with E-state index in [0.717, 1.165) is 19.3 Å². The number of hydrogen-bond acceptors (Lipinski definition) is 3. The van der Waals surface area contributed by atoms with Crippen LogP contribution in [0.5, 0.6) is 0 Å². The number of aromatic carboxylic acids is 1. The van der Waals surface area contributed by atoms with E-state index in [1.807, 2.05) is 18.2 Å². The van der Waals surface area contributed by atoms with Crippen molar-refractivity contribution in [3.05, 3.63) is 47.8 Å². The molecule has 5 nitrogen and oxygen atoms in total. The van der Waals surface area contributed by atoms with Crippen LogP contribution in [0.1, 0.15) is 28.9 Å². The van der Waals surface area contributed by atoms with Gasteiger partial charge >= 0.3 is 5.97 Å². The van der Waals surface area contributed by atoms with Gasteiger partial charge in [-0.2, -0.15) is 5.10 Å². The Kier molecular flexibility index (Phi) is 4.18. The zero-order valence-corrected chi connectivity index (χ0v) is 10.6. The predicted molar refractivity (Wildman–Crippen MR) is 73.0 cm³/mol. The van der Waals surface area contributed by atoms with E-state index in [4.69, 9.17) is 10.8 Å². The van der Waals surface area contributed by atoms with E-state index in [9.17, 15) is 4.79 Å². The Hall–Kier alpha value is -2.30. The number of anilines is 1. The third kappa shape index (κ3) is 3.58. The highest BCUT2D eigenvalue weighted by atomic mass is 16.4. The summed E-state index contributed by atoms with van der Waals surface area (Å²) in [4.78, 5) is 10.8. The standard InChI is InChI=1S/C14H17N3O2/c15-12-10-17(16-13(12)14(18)19)9-5-4-8-11-6-2-1-3-7-11/h1-3,6-7,10H,4-5,8-9,15H2,(H,18,19). The molecule has 2 aromatic rings. The summed E-state index contributed by atoms with van der Waals surface area (Å²) in [7, 11) is 0. The molecule has 0 bridgehead atoms. The molecule has 0 saturated carbocycles. The molecule has 1 aromatic carbocycles. The maximum Gasteiger partial charge on any atom is 0.358 e. The zero-order valence-electron chi connectivity index (χ0n) is 10.6. The fraction of sp³-hybridized carbons (Fsp3) is 0.286. The second kappa shape index (κ2) is 6.04. The van der Waals surface area contributed by atoms with E-state index in [1.54, 1.807) is 10.9 Å². The normalized spacial score (nSPS) is 10.5. The van der Waals surface area contributed by atoms with Gasteiger partial charge in [-0.1, -0.05) is 30.3 Å². The third-order valence-corrected chi connectivity index (χ3v) is 2.94. The Balaban J connectivity index is 1.80. The summed E-state index contributed by atoms with van der Waals surface area (Å²) in [5, 5.41) is 12.8. The number of nitrogens with two attached hydrogens (primary N) is 1. The molecule has 0 atom stereocenters. The number of hydrogen-bond donors (Lipinski definition) is 2. The number of nitrogen functional groups attached to an aromatic ring is 1. The minimum Gasteiger partial charge on any atom is -0.476 e. The van der Waals surface area contributed by atoms with Crippen LogP contribution in [0.25, 0.3) is 0 Å². The van der Waals surface area contributed by atoms with Crippen LogP contribution in [0.15, 0.2) is 36.5 Å². The first-order chi connectivity index (χ1) is 9.16. The minimum absolute atomic E-state index is 0.0666. The lowest BCUT2D eigenvalue weighted by Crippen LogP contribution is -2.04. The van der Waals surface area contributed by atoms with Gasteiger partial charge in [0.25, 0.3) is 0 Å². The molecule has 0 amide bonds. The molecular weight excluding hydrogens is 242 g/mol. The largest absolute Gasteiger partial charge is 0.476 e. The molecule has 0 aliphatic carbocycles. The highest BCUT2D eigenvalue weighted by Gasteiger charge is 2.12. The first-order valence-electron chi connectivity index (χ1n) is 6.27. The zero-order chi connectivity index (χ0) is 13.7. The second-order valence-corrected chi connectivity index (χ2v) is 4.44. The quantitative estimate of drug-likeness (QED) is 0.779. The Morgan fingerprint density at radius 3 is 2.63 bits per heavy atom. The number of unbranched alkanes of at least 4 members (excludes halogenated alkanes) is 1. The fourth-order valence-corrected chi connectivity index (χ4v) is 1.97. The minimum atomic E-state index is -1.08. The van der Waals surface area contributed by atoms with Crippen LogP contribution < -0.4 is 5.73 Å². The van der Waals surface area contributed by atoms with Gasteiger partial charge in [-0.15, -0.1) is 0 Å². The van der Waals surface area contributed by atoms with Gasteiger partial charge < -0.3 is 10.8 Å². The molecule has 2 rings (SSSR count). The molecule has 0 radical (unpaired) electrons. The number of carboxylic acid groups (broad SMARTS) is 1. The van der Waals surface area contributed by atoms with Crippen molar-refractivity contribution in [2.75, 3.05) is 5.73 Å². The maximum atomic E-state index is 10.8. The van der Waals surface area contributed by atoms with Gasteiger partial charge in [0.15, 0.2) is 5.69 Å². The van der Waals surface area contributed by atoms with Crippen molar-refractivity contribution in [2.45, 2.75) is 25.8 Å². The molecule has 0 spiro atoms. The van der Waals surface area contributed by atoms with Gasteiger partial charge in [0.05, 0.1) is 5.69 Å². The summed E-state index contributed by atoms with van der Waals surface area (Å²) in [5.41, 5.74) is 7.04. The lowest BCUT2D eigenvalue weighted by atomic mass is 10.1.